The molecule has 0 aromatic heterocycles. The van der Waals surface area contributed by atoms with E-state index >= 15 is 0 Å². The summed E-state index contributed by atoms with van der Waals surface area (Å²) >= 11 is 4.96. The van der Waals surface area contributed by atoms with Crippen molar-refractivity contribution in [1.82, 2.24) is 0 Å². The molecule has 2 N–H and O–H groups in total. The van der Waals surface area contributed by atoms with Gasteiger partial charge in [0.2, 0.25) is 11.5 Å². The minimum atomic E-state index is -1.59. The van der Waals surface area contributed by atoms with Crippen LogP contribution in [0.2, 0.25) is 0 Å². The lowest BCUT2D eigenvalue weighted by atomic mass is 10.3. The summed E-state index contributed by atoms with van der Waals surface area (Å²) in [5.41, 5.74) is -0.949. The number of carboxylic acid groups (broad SMARTS) is 1. The van der Waals surface area contributed by atoms with Crippen molar-refractivity contribution in [3.05, 3.63) is 0 Å². The molecule has 0 radical (unpaired) electrons. The molecule has 11 heavy (non-hydrogen) atoms. The standard InChI is InChI=1S/C4H4ClNO4.ClH/c5-1-2(7)3(6-10)4(8)9;/h10H,1H2,(H,8,9);1H. The lowest BCUT2D eigenvalue weighted by Crippen LogP contribution is -2.24. The van der Waals surface area contributed by atoms with Crippen LogP contribution in [0.1, 0.15) is 0 Å². The summed E-state index contributed by atoms with van der Waals surface area (Å²) in [7, 11) is 0. The van der Waals surface area contributed by atoms with Crippen molar-refractivity contribution in [2.45, 2.75) is 0 Å². The highest BCUT2D eigenvalue weighted by Gasteiger charge is 2.18. The number of nitrogens with zero attached hydrogens (tertiary/aromatic N) is 1. The Morgan fingerprint density at radius 1 is 1.45 bits per heavy atom. The molecule has 0 aliphatic heterocycles. The van der Waals surface area contributed by atoms with Gasteiger partial charge in [-0.15, -0.1) is 24.0 Å². The Labute approximate surface area is 73.1 Å². The molecule has 0 aliphatic carbocycles. The number of halogens is 2. The maximum atomic E-state index is 10.4. The summed E-state index contributed by atoms with van der Waals surface area (Å²) in [6.45, 7) is 0. The first-order valence-electron chi connectivity index (χ1n) is 2.18. The number of oxime groups is 1. The van der Waals surface area contributed by atoms with Crippen molar-refractivity contribution in [2.24, 2.45) is 5.16 Å². The predicted octanol–water partition coefficient (Wildman–Crippen LogP) is 0.131. The van der Waals surface area contributed by atoms with Crippen LogP contribution in [0.3, 0.4) is 0 Å². The summed E-state index contributed by atoms with van der Waals surface area (Å²) in [6.07, 6.45) is 0. The van der Waals surface area contributed by atoms with E-state index in [0.29, 0.717) is 0 Å². The van der Waals surface area contributed by atoms with Crippen LogP contribution < -0.4 is 0 Å². The molecular formula is C4H5Cl2NO4. The number of carbonyl (C=O) groups is 2. The van der Waals surface area contributed by atoms with E-state index in [4.69, 9.17) is 21.9 Å². The van der Waals surface area contributed by atoms with Gasteiger partial charge in [0, 0.05) is 0 Å². The fourth-order valence-electron chi connectivity index (χ4n) is 0.281. The molecule has 0 unspecified atom stereocenters. The van der Waals surface area contributed by atoms with Gasteiger partial charge in [0.05, 0.1) is 5.88 Å². The molecule has 0 fully saturated rings. The Balaban J connectivity index is 0. The molecule has 0 saturated heterocycles. The Hall–Kier alpha value is -0.810. The van der Waals surface area contributed by atoms with E-state index in [1.807, 2.05) is 0 Å². The van der Waals surface area contributed by atoms with Gasteiger partial charge in [-0.05, 0) is 0 Å². The van der Waals surface area contributed by atoms with Crippen molar-refractivity contribution < 1.29 is 19.9 Å². The third kappa shape index (κ3) is 3.79. The molecule has 0 saturated carbocycles. The Bertz CT molecular complexity index is 191. The van der Waals surface area contributed by atoms with Gasteiger partial charge in [0.15, 0.2) is 0 Å². The molecule has 0 spiro atoms. The van der Waals surface area contributed by atoms with Crippen LogP contribution in [0.4, 0.5) is 0 Å². The van der Waals surface area contributed by atoms with Gasteiger partial charge in [-0.25, -0.2) is 4.79 Å². The van der Waals surface area contributed by atoms with Crippen LogP contribution in [0.25, 0.3) is 0 Å². The summed E-state index contributed by atoms with van der Waals surface area (Å²) in [6, 6.07) is 0. The first kappa shape index (κ1) is 12.8. The second-order valence-electron chi connectivity index (χ2n) is 1.31. The second kappa shape index (κ2) is 5.94. The van der Waals surface area contributed by atoms with Gasteiger partial charge in [0.25, 0.3) is 0 Å². The molecule has 0 atom stereocenters. The molecule has 0 aromatic rings. The highest BCUT2D eigenvalue weighted by molar-refractivity contribution is 6.67. The summed E-state index contributed by atoms with van der Waals surface area (Å²) in [5.74, 6) is -3.02. The van der Waals surface area contributed by atoms with Crippen LogP contribution in [-0.2, 0) is 9.59 Å². The number of ketones is 1. The topological polar surface area (TPSA) is 87.0 Å². The minimum Gasteiger partial charge on any atom is -0.476 e. The monoisotopic (exact) mass is 201 g/mol. The number of Topliss-reactive ketones (excluding diaryl/α,β-unsaturated/α-hetero) is 1. The maximum absolute atomic E-state index is 10.4. The van der Waals surface area contributed by atoms with Crippen molar-refractivity contribution in [2.75, 3.05) is 5.88 Å². The minimum absolute atomic E-state index is 0. The zero-order valence-electron chi connectivity index (χ0n) is 5.15. The van der Waals surface area contributed by atoms with Crippen molar-refractivity contribution in [3.63, 3.8) is 0 Å². The normalized spacial score (nSPS) is 10.1. The highest BCUT2D eigenvalue weighted by atomic mass is 35.5. The maximum Gasteiger partial charge on any atom is 0.361 e. The van der Waals surface area contributed by atoms with Crippen LogP contribution in [0, 0.1) is 0 Å². The Morgan fingerprint density at radius 2 is 1.91 bits per heavy atom. The van der Waals surface area contributed by atoms with Crippen molar-refractivity contribution in [3.8, 4) is 0 Å². The van der Waals surface area contributed by atoms with Crippen LogP contribution in [-0.4, -0.2) is 33.7 Å². The van der Waals surface area contributed by atoms with Gasteiger partial charge in [0.1, 0.15) is 0 Å². The van der Waals surface area contributed by atoms with E-state index in [9.17, 15) is 9.59 Å². The molecule has 5 nitrogen and oxygen atoms in total. The van der Waals surface area contributed by atoms with Gasteiger partial charge < -0.3 is 10.3 Å². The number of carboxylic acids is 1. The number of rotatable bonds is 3. The average Bonchev–Trinajstić information content (AvgIpc) is 1.88. The van der Waals surface area contributed by atoms with E-state index < -0.39 is 23.3 Å². The Kier molecular flexibility index (Phi) is 6.92. The molecule has 0 bridgehead atoms. The van der Waals surface area contributed by atoms with E-state index in [1.165, 1.54) is 0 Å². The highest BCUT2D eigenvalue weighted by Crippen LogP contribution is 1.85. The molecular weight excluding hydrogens is 197 g/mol. The third-order valence-electron chi connectivity index (χ3n) is 0.688. The largest absolute Gasteiger partial charge is 0.476 e. The van der Waals surface area contributed by atoms with E-state index in [0.717, 1.165) is 0 Å². The lowest BCUT2D eigenvalue weighted by Gasteiger charge is -1.90. The number of hydrogen-bond acceptors (Lipinski definition) is 4. The number of alkyl halides is 1. The fraction of sp³-hybridized carbons (Fsp3) is 0.250. The fourth-order valence-corrected chi connectivity index (χ4v) is 0.408. The summed E-state index contributed by atoms with van der Waals surface area (Å²) < 4.78 is 0. The lowest BCUT2D eigenvalue weighted by molar-refractivity contribution is -0.130. The predicted molar refractivity (Wildman–Crippen MR) is 39.8 cm³/mol. The molecule has 0 aliphatic rings. The molecule has 0 aromatic carbocycles. The average molecular weight is 202 g/mol. The van der Waals surface area contributed by atoms with E-state index in [2.05, 4.69) is 5.16 Å². The SMILES string of the molecule is Cl.O=C(O)C(=NO)C(=O)CCl. The van der Waals surface area contributed by atoms with Gasteiger partial charge in [-0.3, -0.25) is 4.79 Å². The zero-order valence-corrected chi connectivity index (χ0v) is 6.72. The summed E-state index contributed by atoms with van der Waals surface area (Å²) in [5, 5.41) is 18.3. The molecule has 64 valence electrons. The zero-order chi connectivity index (χ0) is 8.15. The first-order chi connectivity index (χ1) is 4.63. The Morgan fingerprint density at radius 3 is 2.00 bits per heavy atom. The molecule has 0 heterocycles. The molecule has 0 rings (SSSR count). The first-order valence-corrected chi connectivity index (χ1v) is 2.71. The van der Waals surface area contributed by atoms with E-state index in [-0.39, 0.29) is 12.4 Å². The van der Waals surface area contributed by atoms with Crippen LogP contribution in [0.5, 0.6) is 0 Å². The van der Waals surface area contributed by atoms with Crippen LogP contribution in [0.15, 0.2) is 5.16 Å². The van der Waals surface area contributed by atoms with Gasteiger partial charge >= 0.3 is 5.97 Å². The van der Waals surface area contributed by atoms with Crippen molar-refractivity contribution in [1.29, 1.82) is 0 Å². The second-order valence-corrected chi connectivity index (χ2v) is 1.58. The smallest absolute Gasteiger partial charge is 0.361 e. The van der Waals surface area contributed by atoms with Gasteiger partial charge in [-0.2, -0.15) is 0 Å². The van der Waals surface area contributed by atoms with E-state index in [1.54, 1.807) is 0 Å². The number of hydrogen-bond donors (Lipinski definition) is 2. The number of aliphatic carboxylic acids is 1. The van der Waals surface area contributed by atoms with Crippen molar-refractivity contribution >= 4 is 41.5 Å². The third-order valence-corrected chi connectivity index (χ3v) is 0.931. The van der Waals surface area contributed by atoms with Crippen LogP contribution >= 0.6 is 24.0 Å². The summed E-state index contributed by atoms with van der Waals surface area (Å²) in [4.78, 5) is 20.3. The van der Waals surface area contributed by atoms with Gasteiger partial charge in [-0.1, -0.05) is 5.16 Å². The molecule has 0 amide bonds. The molecule has 7 heteroatoms. The number of carbonyl (C=O) groups excluding carboxylic acids is 1. The quantitative estimate of drug-likeness (QED) is 0.224.